The molecule has 1 saturated carbocycles. The SMILES string of the molecule is CCN1c2ccc(/C=C3/SC(=S)N(CCCCCCCCCCC(=O)O)C3=O)cc2C2CCCC21. The lowest BCUT2D eigenvalue weighted by molar-refractivity contribution is -0.137. The van der Waals surface area contributed by atoms with Crippen LogP contribution in [0.1, 0.15) is 101 Å². The molecule has 1 aliphatic carbocycles. The lowest BCUT2D eigenvalue weighted by Gasteiger charge is -2.25. The molecule has 1 aromatic carbocycles. The molecule has 35 heavy (non-hydrogen) atoms. The maximum atomic E-state index is 13.0. The number of rotatable bonds is 13. The number of carbonyl (C=O) groups is 2. The number of thioether (sulfide) groups is 1. The zero-order valence-electron chi connectivity index (χ0n) is 20.8. The van der Waals surface area contributed by atoms with Crippen LogP contribution in [0.5, 0.6) is 0 Å². The van der Waals surface area contributed by atoms with Crippen molar-refractivity contribution in [3.63, 3.8) is 0 Å². The van der Waals surface area contributed by atoms with Crippen LogP contribution < -0.4 is 4.90 Å². The van der Waals surface area contributed by atoms with E-state index in [1.807, 2.05) is 6.08 Å². The maximum Gasteiger partial charge on any atom is 0.303 e. The normalized spacial score (nSPS) is 22.4. The second-order valence-electron chi connectivity index (χ2n) is 10.0. The van der Waals surface area contributed by atoms with E-state index in [2.05, 4.69) is 30.0 Å². The number of nitrogens with zero attached hydrogens (tertiary/aromatic N) is 2. The summed E-state index contributed by atoms with van der Waals surface area (Å²) < 4.78 is 0.675. The van der Waals surface area contributed by atoms with Crippen LogP contribution in [0.3, 0.4) is 0 Å². The third-order valence-electron chi connectivity index (χ3n) is 7.67. The van der Waals surface area contributed by atoms with E-state index >= 15 is 0 Å². The minimum Gasteiger partial charge on any atom is -0.481 e. The Hall–Kier alpha value is -1.86. The second-order valence-corrected chi connectivity index (χ2v) is 11.7. The summed E-state index contributed by atoms with van der Waals surface area (Å²) in [4.78, 5) is 28.7. The highest BCUT2D eigenvalue weighted by molar-refractivity contribution is 8.26. The predicted octanol–water partition coefficient (Wildman–Crippen LogP) is 6.96. The van der Waals surface area contributed by atoms with Crippen molar-refractivity contribution < 1.29 is 14.7 Å². The Kier molecular flexibility index (Phi) is 9.28. The minimum atomic E-state index is -0.701. The molecular weight excluding hydrogens is 476 g/mol. The van der Waals surface area contributed by atoms with E-state index in [0.717, 1.165) is 62.0 Å². The van der Waals surface area contributed by atoms with E-state index in [1.165, 1.54) is 48.7 Å². The zero-order chi connectivity index (χ0) is 24.8. The zero-order valence-corrected chi connectivity index (χ0v) is 22.5. The number of likely N-dealkylation sites (N-methyl/N-ethyl adjacent to an activating group) is 1. The Morgan fingerprint density at radius 2 is 1.83 bits per heavy atom. The number of thiocarbonyl (C=S) groups is 1. The average molecular weight is 515 g/mol. The summed E-state index contributed by atoms with van der Waals surface area (Å²) >= 11 is 6.97. The summed E-state index contributed by atoms with van der Waals surface area (Å²) in [6.45, 7) is 3.99. The lowest BCUT2D eigenvalue weighted by atomic mass is 9.96. The van der Waals surface area contributed by atoms with Gasteiger partial charge in [-0.15, -0.1) is 0 Å². The van der Waals surface area contributed by atoms with Gasteiger partial charge >= 0.3 is 5.97 Å². The van der Waals surface area contributed by atoms with Crippen molar-refractivity contribution in [2.45, 2.75) is 95.9 Å². The number of carboxylic acid groups (broad SMARTS) is 1. The highest BCUT2D eigenvalue weighted by atomic mass is 32.2. The fourth-order valence-electron chi connectivity index (χ4n) is 5.93. The first-order valence-corrected chi connectivity index (χ1v) is 14.6. The monoisotopic (exact) mass is 514 g/mol. The van der Waals surface area contributed by atoms with Gasteiger partial charge in [0.2, 0.25) is 0 Å². The number of benzene rings is 1. The molecule has 1 amide bonds. The summed E-state index contributed by atoms with van der Waals surface area (Å²) in [6, 6.07) is 7.36. The molecule has 2 aliphatic heterocycles. The summed E-state index contributed by atoms with van der Waals surface area (Å²) in [6.07, 6.45) is 14.6. The van der Waals surface area contributed by atoms with Crippen LogP contribution in [0.4, 0.5) is 5.69 Å². The molecule has 2 heterocycles. The highest BCUT2D eigenvalue weighted by Crippen LogP contribution is 2.49. The Morgan fingerprint density at radius 1 is 1.11 bits per heavy atom. The molecule has 2 unspecified atom stereocenters. The molecule has 3 aliphatic rings. The van der Waals surface area contributed by atoms with Crippen LogP contribution in [0.25, 0.3) is 6.08 Å². The van der Waals surface area contributed by atoms with Gasteiger partial charge in [0.25, 0.3) is 5.91 Å². The third kappa shape index (κ3) is 6.29. The standard InChI is InChI=1S/C28H38N2O3S2/c1-2-29-23-13-11-12-21(23)22-18-20(15-16-24(22)29)19-25-27(33)30(28(34)35-25)17-10-8-6-4-3-5-7-9-14-26(31)32/h15-16,18-19,21,23H,2-14,17H2,1H3,(H,31,32)/b25-19+. The van der Waals surface area contributed by atoms with Gasteiger partial charge in [-0.2, -0.15) is 0 Å². The van der Waals surface area contributed by atoms with Gasteiger partial charge in [-0.3, -0.25) is 14.5 Å². The van der Waals surface area contributed by atoms with Crippen molar-refractivity contribution in [2.75, 3.05) is 18.0 Å². The van der Waals surface area contributed by atoms with Crippen molar-refractivity contribution in [1.82, 2.24) is 4.90 Å². The Labute approximate surface area is 219 Å². The maximum absolute atomic E-state index is 13.0. The smallest absolute Gasteiger partial charge is 0.303 e. The van der Waals surface area contributed by atoms with Crippen molar-refractivity contribution in [2.24, 2.45) is 0 Å². The van der Waals surface area contributed by atoms with Crippen LogP contribution >= 0.6 is 24.0 Å². The van der Waals surface area contributed by atoms with Crippen molar-refractivity contribution in [3.05, 3.63) is 34.2 Å². The van der Waals surface area contributed by atoms with Crippen LogP contribution in [0.15, 0.2) is 23.1 Å². The number of amides is 1. The predicted molar refractivity (Wildman–Crippen MR) is 149 cm³/mol. The van der Waals surface area contributed by atoms with Gasteiger partial charge in [-0.1, -0.05) is 75.0 Å². The number of fused-ring (bicyclic) bond motifs is 3. The van der Waals surface area contributed by atoms with Crippen LogP contribution in [0.2, 0.25) is 0 Å². The molecule has 0 aromatic heterocycles. The lowest BCUT2D eigenvalue weighted by Crippen LogP contribution is -2.30. The molecule has 0 bridgehead atoms. The molecule has 5 nitrogen and oxygen atoms in total. The quantitative estimate of drug-likeness (QED) is 0.174. The Balaban J connectivity index is 1.24. The summed E-state index contributed by atoms with van der Waals surface area (Å²) in [5.74, 6) is -0.0150. The third-order valence-corrected chi connectivity index (χ3v) is 9.05. The largest absolute Gasteiger partial charge is 0.481 e. The molecule has 0 spiro atoms. The Bertz CT molecular complexity index is 977. The minimum absolute atomic E-state index is 0.0489. The van der Waals surface area contributed by atoms with Crippen LogP contribution in [0, 0.1) is 0 Å². The molecule has 190 valence electrons. The van der Waals surface area contributed by atoms with Gasteiger partial charge in [0, 0.05) is 37.2 Å². The second kappa shape index (κ2) is 12.4. The highest BCUT2D eigenvalue weighted by Gasteiger charge is 2.40. The van der Waals surface area contributed by atoms with Crippen LogP contribution in [-0.2, 0) is 9.59 Å². The molecule has 1 N–H and O–H groups in total. The van der Waals surface area contributed by atoms with E-state index in [0.29, 0.717) is 22.8 Å². The Morgan fingerprint density at radius 3 is 2.54 bits per heavy atom. The average Bonchev–Trinajstić information content (AvgIpc) is 3.49. The first kappa shape index (κ1) is 26.2. The molecule has 2 atom stereocenters. The molecule has 7 heteroatoms. The van der Waals surface area contributed by atoms with Gasteiger partial charge in [0.1, 0.15) is 4.32 Å². The fourth-order valence-corrected chi connectivity index (χ4v) is 7.24. The van der Waals surface area contributed by atoms with Crippen molar-refractivity contribution in [1.29, 1.82) is 0 Å². The molecule has 0 radical (unpaired) electrons. The number of hydrogen-bond donors (Lipinski definition) is 1. The summed E-state index contributed by atoms with van der Waals surface area (Å²) in [5, 5.41) is 8.67. The first-order valence-electron chi connectivity index (χ1n) is 13.4. The number of hydrogen-bond acceptors (Lipinski definition) is 5. The number of carbonyl (C=O) groups excluding carboxylic acids is 1. The summed E-state index contributed by atoms with van der Waals surface area (Å²) in [7, 11) is 0. The van der Waals surface area contributed by atoms with E-state index in [-0.39, 0.29) is 12.3 Å². The van der Waals surface area contributed by atoms with Gasteiger partial charge in [-0.05, 0) is 61.9 Å². The first-order chi connectivity index (χ1) is 17.0. The molecule has 4 rings (SSSR count). The van der Waals surface area contributed by atoms with Gasteiger partial charge in [-0.25, -0.2) is 0 Å². The number of unbranched alkanes of at least 4 members (excludes halogenated alkanes) is 7. The van der Waals surface area contributed by atoms with E-state index in [9.17, 15) is 9.59 Å². The number of carboxylic acids is 1. The molecule has 1 aromatic rings. The van der Waals surface area contributed by atoms with Crippen molar-refractivity contribution in [3.8, 4) is 0 Å². The fraction of sp³-hybridized carbons (Fsp3) is 0.607. The van der Waals surface area contributed by atoms with E-state index < -0.39 is 5.97 Å². The van der Waals surface area contributed by atoms with Gasteiger partial charge in [0.15, 0.2) is 0 Å². The summed E-state index contributed by atoms with van der Waals surface area (Å²) in [5.41, 5.74) is 3.95. The number of anilines is 1. The molecular formula is C28H38N2O3S2. The topological polar surface area (TPSA) is 60.9 Å². The van der Waals surface area contributed by atoms with Crippen molar-refractivity contribution >= 4 is 51.9 Å². The molecule has 1 saturated heterocycles. The van der Waals surface area contributed by atoms with Crippen LogP contribution in [-0.4, -0.2) is 45.3 Å². The van der Waals surface area contributed by atoms with E-state index in [4.69, 9.17) is 17.3 Å². The molecule has 2 fully saturated rings. The van der Waals surface area contributed by atoms with Gasteiger partial charge < -0.3 is 10.0 Å². The van der Waals surface area contributed by atoms with E-state index in [1.54, 1.807) is 4.90 Å². The van der Waals surface area contributed by atoms with Gasteiger partial charge in [0.05, 0.1) is 4.91 Å². The number of aliphatic carboxylic acids is 1.